The summed E-state index contributed by atoms with van der Waals surface area (Å²) < 4.78 is 13.7. The minimum atomic E-state index is -0.319. The van der Waals surface area contributed by atoms with Gasteiger partial charge in [0.2, 0.25) is 0 Å². The highest BCUT2D eigenvalue weighted by atomic mass is 19.1. The predicted octanol–water partition coefficient (Wildman–Crippen LogP) is 3.19. The molecule has 1 aromatic carbocycles. The van der Waals surface area contributed by atoms with E-state index in [1.54, 1.807) is 24.0 Å². The maximum Gasteiger partial charge on any atom is 0.321 e. The van der Waals surface area contributed by atoms with Crippen molar-refractivity contribution in [3.05, 3.63) is 41.5 Å². The number of hydrogen-bond donors (Lipinski definition) is 1. The summed E-state index contributed by atoms with van der Waals surface area (Å²) >= 11 is 0. The van der Waals surface area contributed by atoms with Crippen molar-refractivity contribution in [2.45, 2.75) is 26.7 Å². The number of anilines is 3. The number of benzene rings is 1. The van der Waals surface area contributed by atoms with Crippen LogP contribution in [0, 0.1) is 19.7 Å². The average Bonchev–Trinajstić information content (AvgIpc) is 3.25. The first-order valence-electron chi connectivity index (χ1n) is 10.2. The molecule has 2 aliphatic rings. The fourth-order valence-electron chi connectivity index (χ4n) is 3.82. The third kappa shape index (κ3) is 4.41. The molecule has 4 rings (SSSR count). The third-order valence-electron chi connectivity index (χ3n) is 5.55. The molecule has 1 aromatic heterocycles. The summed E-state index contributed by atoms with van der Waals surface area (Å²) in [6.45, 7) is 8.28. The highest BCUT2D eigenvalue weighted by Crippen LogP contribution is 2.23. The van der Waals surface area contributed by atoms with Crippen LogP contribution < -0.4 is 15.1 Å². The third-order valence-corrected chi connectivity index (χ3v) is 5.55. The summed E-state index contributed by atoms with van der Waals surface area (Å²) in [5.74, 6) is 2.36. The molecule has 0 unspecified atom stereocenters. The molecule has 0 aliphatic carbocycles. The number of aryl methyl sites for hydroxylation is 2. The van der Waals surface area contributed by atoms with E-state index in [0.29, 0.717) is 37.4 Å². The Balaban J connectivity index is 1.37. The first kappa shape index (κ1) is 19.4. The van der Waals surface area contributed by atoms with E-state index < -0.39 is 0 Å². The lowest BCUT2D eigenvalue weighted by atomic mass is 10.2. The van der Waals surface area contributed by atoms with Crippen molar-refractivity contribution in [1.82, 2.24) is 14.9 Å². The zero-order valence-corrected chi connectivity index (χ0v) is 17.0. The van der Waals surface area contributed by atoms with Crippen molar-refractivity contribution in [2.75, 3.05) is 54.4 Å². The molecule has 0 atom stereocenters. The molecule has 29 heavy (non-hydrogen) atoms. The molecule has 0 spiro atoms. The molecule has 154 valence electrons. The molecule has 2 aromatic rings. The van der Waals surface area contributed by atoms with E-state index in [2.05, 4.69) is 31.2 Å². The standard InChI is InChI=1S/C21H27FN6O/c1-15-5-6-17(13-18(15)22)25-21(29)28-11-9-27(10-12-28)20-14-19(23-16(2)24-20)26-7-3-4-8-26/h5-6,13-14H,3-4,7-12H2,1-2H3,(H,25,29). The topological polar surface area (TPSA) is 64.6 Å². The molecule has 2 fully saturated rings. The highest BCUT2D eigenvalue weighted by molar-refractivity contribution is 5.89. The molecule has 2 saturated heterocycles. The summed E-state index contributed by atoms with van der Waals surface area (Å²) in [5, 5.41) is 2.79. The first-order valence-corrected chi connectivity index (χ1v) is 10.2. The molecular weight excluding hydrogens is 371 g/mol. The van der Waals surface area contributed by atoms with E-state index in [1.165, 1.54) is 18.9 Å². The van der Waals surface area contributed by atoms with E-state index in [0.717, 1.165) is 30.5 Å². The Morgan fingerprint density at radius 3 is 2.17 bits per heavy atom. The van der Waals surface area contributed by atoms with Crippen LogP contribution in [0.5, 0.6) is 0 Å². The lowest BCUT2D eigenvalue weighted by Crippen LogP contribution is -2.50. The minimum absolute atomic E-state index is 0.204. The SMILES string of the molecule is Cc1nc(N2CCCC2)cc(N2CCN(C(=O)Nc3ccc(C)c(F)c3)CC2)n1. The van der Waals surface area contributed by atoms with Crippen molar-refractivity contribution in [3.8, 4) is 0 Å². The van der Waals surface area contributed by atoms with Gasteiger partial charge in [-0.05, 0) is 44.4 Å². The molecule has 0 bridgehead atoms. The zero-order valence-electron chi connectivity index (χ0n) is 17.0. The summed E-state index contributed by atoms with van der Waals surface area (Å²) in [6.07, 6.45) is 2.41. The van der Waals surface area contributed by atoms with Gasteiger partial charge in [-0.25, -0.2) is 19.2 Å². The Kier molecular flexibility index (Phi) is 5.51. The number of piperazine rings is 1. The Labute approximate surface area is 170 Å². The van der Waals surface area contributed by atoms with Crippen LogP contribution in [-0.2, 0) is 0 Å². The van der Waals surface area contributed by atoms with Crippen molar-refractivity contribution in [1.29, 1.82) is 0 Å². The monoisotopic (exact) mass is 398 g/mol. The Morgan fingerprint density at radius 1 is 0.931 bits per heavy atom. The molecule has 7 nitrogen and oxygen atoms in total. The lowest BCUT2D eigenvalue weighted by molar-refractivity contribution is 0.208. The number of nitrogens with zero attached hydrogens (tertiary/aromatic N) is 5. The van der Waals surface area contributed by atoms with Crippen LogP contribution in [0.25, 0.3) is 0 Å². The summed E-state index contributed by atoms with van der Waals surface area (Å²) in [7, 11) is 0. The van der Waals surface area contributed by atoms with Gasteiger partial charge >= 0.3 is 6.03 Å². The van der Waals surface area contributed by atoms with E-state index in [1.807, 2.05) is 6.92 Å². The number of aromatic nitrogens is 2. The fraction of sp³-hybridized carbons (Fsp3) is 0.476. The predicted molar refractivity (Wildman–Crippen MR) is 112 cm³/mol. The number of hydrogen-bond acceptors (Lipinski definition) is 5. The number of halogens is 1. The van der Waals surface area contributed by atoms with Crippen LogP contribution in [0.2, 0.25) is 0 Å². The number of rotatable bonds is 3. The Hall–Kier alpha value is -2.90. The van der Waals surface area contributed by atoms with Crippen LogP contribution in [0.15, 0.2) is 24.3 Å². The van der Waals surface area contributed by atoms with Gasteiger partial charge in [-0.15, -0.1) is 0 Å². The van der Waals surface area contributed by atoms with Crippen molar-refractivity contribution in [3.63, 3.8) is 0 Å². The maximum absolute atomic E-state index is 13.7. The number of carbonyl (C=O) groups is 1. The van der Waals surface area contributed by atoms with Crippen LogP contribution in [0.1, 0.15) is 24.2 Å². The van der Waals surface area contributed by atoms with Crippen molar-refractivity contribution < 1.29 is 9.18 Å². The summed E-state index contributed by atoms with van der Waals surface area (Å²) in [6, 6.07) is 6.59. The highest BCUT2D eigenvalue weighted by Gasteiger charge is 2.24. The second kappa shape index (κ2) is 8.23. The summed E-state index contributed by atoms with van der Waals surface area (Å²) in [4.78, 5) is 28.0. The largest absolute Gasteiger partial charge is 0.356 e. The van der Waals surface area contributed by atoms with Gasteiger partial charge in [0.05, 0.1) is 0 Å². The molecule has 2 amide bonds. The normalized spacial score (nSPS) is 17.0. The van der Waals surface area contributed by atoms with E-state index in [-0.39, 0.29) is 11.8 Å². The van der Waals surface area contributed by atoms with Gasteiger partial charge in [-0.1, -0.05) is 6.07 Å². The smallest absolute Gasteiger partial charge is 0.321 e. The fourth-order valence-corrected chi connectivity index (χ4v) is 3.82. The molecule has 8 heteroatoms. The molecule has 3 heterocycles. The van der Waals surface area contributed by atoms with Gasteiger partial charge in [0.15, 0.2) is 0 Å². The Bertz CT molecular complexity index is 891. The molecular formula is C21H27FN6O. The van der Waals surface area contributed by atoms with E-state index in [4.69, 9.17) is 0 Å². The van der Waals surface area contributed by atoms with E-state index in [9.17, 15) is 9.18 Å². The number of urea groups is 1. The Morgan fingerprint density at radius 2 is 1.55 bits per heavy atom. The van der Waals surface area contributed by atoms with Crippen LogP contribution in [0.3, 0.4) is 0 Å². The quantitative estimate of drug-likeness (QED) is 0.860. The molecule has 2 aliphatic heterocycles. The van der Waals surface area contributed by atoms with Crippen LogP contribution in [-0.4, -0.2) is 60.2 Å². The van der Waals surface area contributed by atoms with Gasteiger partial charge in [0.25, 0.3) is 0 Å². The van der Waals surface area contributed by atoms with Gasteiger partial charge in [-0.3, -0.25) is 0 Å². The minimum Gasteiger partial charge on any atom is -0.356 e. The second-order valence-corrected chi connectivity index (χ2v) is 7.69. The molecule has 1 N–H and O–H groups in total. The average molecular weight is 398 g/mol. The van der Waals surface area contributed by atoms with Gasteiger partial charge < -0.3 is 20.0 Å². The molecule has 0 saturated carbocycles. The van der Waals surface area contributed by atoms with Crippen molar-refractivity contribution >= 4 is 23.4 Å². The van der Waals surface area contributed by atoms with Crippen LogP contribution in [0.4, 0.5) is 26.5 Å². The summed E-state index contributed by atoms with van der Waals surface area (Å²) in [5.41, 5.74) is 1.03. The van der Waals surface area contributed by atoms with Crippen LogP contribution >= 0.6 is 0 Å². The van der Waals surface area contributed by atoms with E-state index >= 15 is 0 Å². The zero-order chi connectivity index (χ0) is 20.4. The lowest BCUT2D eigenvalue weighted by Gasteiger charge is -2.35. The number of carbonyl (C=O) groups excluding carboxylic acids is 1. The first-order chi connectivity index (χ1) is 14.0. The maximum atomic E-state index is 13.7. The van der Waals surface area contributed by atoms with Crippen molar-refractivity contribution in [2.24, 2.45) is 0 Å². The van der Waals surface area contributed by atoms with Gasteiger partial charge in [-0.2, -0.15) is 0 Å². The number of nitrogens with one attached hydrogen (secondary N) is 1. The number of amides is 2. The van der Waals surface area contributed by atoms with Gasteiger partial charge in [0.1, 0.15) is 23.3 Å². The second-order valence-electron chi connectivity index (χ2n) is 7.69. The molecule has 0 radical (unpaired) electrons. The van der Waals surface area contributed by atoms with Gasteiger partial charge in [0, 0.05) is 51.0 Å².